The molecule has 1 fully saturated rings. The number of carbonyl (C=O) groups excluding carboxylic acids is 2. The van der Waals surface area contributed by atoms with Crippen LogP contribution in [0.1, 0.15) is 79.6 Å². The summed E-state index contributed by atoms with van der Waals surface area (Å²) in [7, 11) is 0. The first-order valence-corrected chi connectivity index (χ1v) is 12.2. The summed E-state index contributed by atoms with van der Waals surface area (Å²) in [6, 6.07) is -0.0120. The molecule has 0 aromatic rings. The smallest absolute Gasteiger partial charge is 0.407 e. The molecule has 1 saturated carbocycles. The number of hydrogen-bond acceptors (Lipinski definition) is 6. The third-order valence-electron chi connectivity index (χ3n) is 5.63. The standard InChI is InChI=1S/C24H46N2O6/c1-6-8-10-29-12-14-31-21(27)25-19-24(5)17-20(16-23(3,4)18-24)26-22(28)32-15-13-30-11-9-7-2/h20H,6-19H2,1-5H3,(H,25,27)(H,26,28). The molecule has 1 aliphatic carbocycles. The van der Waals surface area contributed by atoms with Crippen LogP contribution in [0, 0.1) is 10.8 Å². The van der Waals surface area contributed by atoms with Gasteiger partial charge in [-0.15, -0.1) is 0 Å². The van der Waals surface area contributed by atoms with E-state index in [2.05, 4.69) is 45.3 Å². The molecule has 0 radical (unpaired) electrons. The zero-order valence-corrected chi connectivity index (χ0v) is 20.9. The minimum absolute atomic E-state index is 0.0120. The number of amides is 2. The second kappa shape index (κ2) is 15.3. The van der Waals surface area contributed by atoms with Crippen molar-refractivity contribution in [3.63, 3.8) is 0 Å². The fourth-order valence-electron chi connectivity index (χ4n) is 4.50. The Morgan fingerprint density at radius 3 is 1.94 bits per heavy atom. The number of alkyl carbamates (subject to hydrolysis) is 2. The Bertz CT molecular complexity index is 543. The first kappa shape index (κ1) is 28.5. The van der Waals surface area contributed by atoms with Crippen molar-refractivity contribution in [3.8, 4) is 0 Å². The van der Waals surface area contributed by atoms with E-state index < -0.39 is 12.2 Å². The van der Waals surface area contributed by atoms with E-state index in [1.807, 2.05) is 0 Å². The van der Waals surface area contributed by atoms with E-state index in [-0.39, 0.29) is 30.1 Å². The van der Waals surface area contributed by atoms with Gasteiger partial charge < -0.3 is 29.6 Å². The van der Waals surface area contributed by atoms with E-state index in [0.717, 1.165) is 44.9 Å². The van der Waals surface area contributed by atoms with Gasteiger partial charge in [-0.05, 0) is 42.9 Å². The molecular formula is C24H46N2O6. The SMILES string of the molecule is CCCCOCCOC(=O)NCC1(C)CC(NC(=O)OCCOCCCC)CC(C)(C)C1. The van der Waals surface area contributed by atoms with Crippen LogP contribution >= 0.6 is 0 Å². The van der Waals surface area contributed by atoms with Gasteiger partial charge in [0.1, 0.15) is 13.2 Å². The summed E-state index contributed by atoms with van der Waals surface area (Å²) in [5, 5.41) is 5.89. The van der Waals surface area contributed by atoms with Crippen molar-refractivity contribution in [2.24, 2.45) is 10.8 Å². The fourth-order valence-corrected chi connectivity index (χ4v) is 4.50. The quantitative estimate of drug-likeness (QED) is 0.347. The Kier molecular flexibility index (Phi) is 13.6. The molecule has 0 aliphatic heterocycles. The highest BCUT2D eigenvalue weighted by Crippen LogP contribution is 2.45. The number of unbranched alkanes of at least 4 members (excludes halogenated alkanes) is 2. The predicted octanol–water partition coefficient (Wildman–Crippen LogP) is 4.66. The van der Waals surface area contributed by atoms with Gasteiger partial charge in [-0.1, -0.05) is 47.5 Å². The summed E-state index contributed by atoms with van der Waals surface area (Å²) in [5.74, 6) is 0. The van der Waals surface area contributed by atoms with Gasteiger partial charge in [-0.2, -0.15) is 0 Å². The van der Waals surface area contributed by atoms with Gasteiger partial charge in [0, 0.05) is 25.8 Å². The van der Waals surface area contributed by atoms with E-state index in [0.29, 0.717) is 33.0 Å². The Morgan fingerprint density at radius 2 is 1.38 bits per heavy atom. The monoisotopic (exact) mass is 458 g/mol. The number of ether oxygens (including phenoxy) is 4. The highest BCUT2D eigenvalue weighted by atomic mass is 16.6. The van der Waals surface area contributed by atoms with Crippen LogP contribution in [0.3, 0.4) is 0 Å². The van der Waals surface area contributed by atoms with Crippen LogP contribution in [-0.4, -0.2) is 64.4 Å². The second-order valence-corrected chi connectivity index (χ2v) is 9.96. The molecule has 2 N–H and O–H groups in total. The normalized spacial score (nSPS) is 22.2. The average Bonchev–Trinajstić information content (AvgIpc) is 2.70. The molecule has 32 heavy (non-hydrogen) atoms. The Hall–Kier alpha value is -1.54. The third kappa shape index (κ3) is 13.1. The van der Waals surface area contributed by atoms with E-state index in [9.17, 15) is 9.59 Å². The molecule has 0 heterocycles. The summed E-state index contributed by atoms with van der Waals surface area (Å²) >= 11 is 0. The van der Waals surface area contributed by atoms with Gasteiger partial charge in [-0.25, -0.2) is 9.59 Å². The van der Waals surface area contributed by atoms with Crippen LogP contribution < -0.4 is 10.6 Å². The van der Waals surface area contributed by atoms with Crippen LogP contribution in [-0.2, 0) is 18.9 Å². The lowest BCUT2D eigenvalue weighted by Crippen LogP contribution is -2.50. The van der Waals surface area contributed by atoms with Crippen LogP contribution in [0.15, 0.2) is 0 Å². The Balaban J connectivity index is 2.37. The van der Waals surface area contributed by atoms with Gasteiger partial charge in [0.15, 0.2) is 0 Å². The maximum Gasteiger partial charge on any atom is 0.407 e. The van der Waals surface area contributed by atoms with Crippen molar-refractivity contribution in [2.75, 3.05) is 46.2 Å². The van der Waals surface area contributed by atoms with Gasteiger partial charge in [0.2, 0.25) is 0 Å². The highest BCUT2D eigenvalue weighted by molar-refractivity contribution is 5.68. The Labute approximate surface area is 194 Å². The molecule has 0 saturated heterocycles. The van der Waals surface area contributed by atoms with E-state index in [1.165, 1.54) is 0 Å². The first-order chi connectivity index (χ1) is 15.2. The van der Waals surface area contributed by atoms with Crippen molar-refractivity contribution >= 4 is 12.2 Å². The summed E-state index contributed by atoms with van der Waals surface area (Å²) in [6.07, 6.45) is 5.91. The average molecular weight is 459 g/mol. The van der Waals surface area contributed by atoms with Crippen LogP contribution in [0.4, 0.5) is 9.59 Å². The molecule has 188 valence electrons. The summed E-state index contributed by atoms with van der Waals surface area (Å²) in [4.78, 5) is 24.3. The van der Waals surface area contributed by atoms with Gasteiger partial charge in [0.25, 0.3) is 0 Å². The first-order valence-electron chi connectivity index (χ1n) is 12.2. The summed E-state index contributed by atoms with van der Waals surface area (Å²) < 4.78 is 21.3. The molecule has 0 bridgehead atoms. The molecule has 8 heteroatoms. The third-order valence-corrected chi connectivity index (χ3v) is 5.63. The van der Waals surface area contributed by atoms with Crippen molar-refractivity contribution in [2.45, 2.75) is 85.6 Å². The maximum atomic E-state index is 12.2. The molecule has 0 aromatic heterocycles. The van der Waals surface area contributed by atoms with Crippen molar-refractivity contribution < 1.29 is 28.5 Å². The number of rotatable bonds is 15. The van der Waals surface area contributed by atoms with Gasteiger partial charge >= 0.3 is 12.2 Å². The zero-order chi connectivity index (χ0) is 23.9. The fraction of sp³-hybridized carbons (Fsp3) is 0.917. The second-order valence-electron chi connectivity index (χ2n) is 9.96. The van der Waals surface area contributed by atoms with Crippen LogP contribution in [0.5, 0.6) is 0 Å². The lowest BCUT2D eigenvalue weighted by Gasteiger charge is -2.46. The molecule has 8 nitrogen and oxygen atoms in total. The number of hydrogen-bond donors (Lipinski definition) is 2. The lowest BCUT2D eigenvalue weighted by molar-refractivity contribution is 0.0483. The van der Waals surface area contributed by atoms with Crippen LogP contribution in [0.2, 0.25) is 0 Å². The molecule has 0 aromatic carbocycles. The van der Waals surface area contributed by atoms with Crippen molar-refractivity contribution in [3.05, 3.63) is 0 Å². The van der Waals surface area contributed by atoms with Crippen molar-refractivity contribution in [1.29, 1.82) is 0 Å². The lowest BCUT2D eigenvalue weighted by atomic mass is 9.62. The number of nitrogens with one attached hydrogen (secondary N) is 2. The highest BCUT2D eigenvalue weighted by Gasteiger charge is 2.42. The summed E-state index contributed by atoms with van der Waals surface area (Å²) in [6.45, 7) is 13.9. The molecule has 2 amide bonds. The minimum Gasteiger partial charge on any atom is -0.447 e. The maximum absolute atomic E-state index is 12.2. The molecule has 1 aliphatic rings. The van der Waals surface area contributed by atoms with E-state index in [1.54, 1.807) is 0 Å². The largest absolute Gasteiger partial charge is 0.447 e. The Morgan fingerprint density at radius 1 is 0.812 bits per heavy atom. The molecular weight excluding hydrogens is 412 g/mol. The molecule has 0 spiro atoms. The van der Waals surface area contributed by atoms with E-state index in [4.69, 9.17) is 18.9 Å². The number of carbonyl (C=O) groups is 2. The van der Waals surface area contributed by atoms with Gasteiger partial charge in [-0.3, -0.25) is 0 Å². The molecule has 2 atom stereocenters. The predicted molar refractivity (Wildman–Crippen MR) is 125 cm³/mol. The molecule has 1 rings (SSSR count). The van der Waals surface area contributed by atoms with Crippen LogP contribution in [0.25, 0.3) is 0 Å². The molecule has 2 unspecified atom stereocenters. The van der Waals surface area contributed by atoms with Gasteiger partial charge in [0.05, 0.1) is 13.2 Å². The summed E-state index contributed by atoms with van der Waals surface area (Å²) in [5.41, 5.74) is -0.119. The van der Waals surface area contributed by atoms with Crippen molar-refractivity contribution in [1.82, 2.24) is 10.6 Å². The minimum atomic E-state index is -0.430. The topological polar surface area (TPSA) is 95.1 Å². The zero-order valence-electron chi connectivity index (χ0n) is 20.9. The van der Waals surface area contributed by atoms with E-state index >= 15 is 0 Å².